The summed E-state index contributed by atoms with van der Waals surface area (Å²) in [6.07, 6.45) is 0. The topological polar surface area (TPSA) is 112 Å². The molecule has 1 fully saturated rings. The lowest BCUT2D eigenvalue weighted by Gasteiger charge is -2.26. The number of nitrogens with zero attached hydrogens (tertiary/aromatic N) is 4. The molecule has 4 rings (SSSR count). The van der Waals surface area contributed by atoms with Crippen molar-refractivity contribution in [3.05, 3.63) is 70.4 Å². The average Bonchev–Trinajstić information content (AvgIpc) is 3.30. The fraction of sp³-hybridized carbons (Fsp3) is 0.304. The van der Waals surface area contributed by atoms with E-state index in [1.165, 1.54) is 16.8 Å². The van der Waals surface area contributed by atoms with E-state index >= 15 is 0 Å². The van der Waals surface area contributed by atoms with E-state index in [0.29, 0.717) is 42.6 Å². The zero-order chi connectivity index (χ0) is 23.2. The van der Waals surface area contributed by atoms with Crippen molar-refractivity contribution < 1.29 is 19.2 Å². The number of nitro groups is 1. The summed E-state index contributed by atoms with van der Waals surface area (Å²) in [5.74, 6) is 0.400. The van der Waals surface area contributed by atoms with Crippen molar-refractivity contribution in [3.63, 3.8) is 0 Å². The molecule has 2 aromatic carbocycles. The first-order valence-electron chi connectivity index (χ1n) is 10.6. The van der Waals surface area contributed by atoms with Gasteiger partial charge in [-0.1, -0.05) is 12.1 Å². The van der Waals surface area contributed by atoms with Crippen molar-refractivity contribution in [2.75, 3.05) is 46.5 Å². The Balaban J connectivity index is 1.60. The second-order valence-corrected chi connectivity index (χ2v) is 7.54. The average molecular weight is 451 g/mol. The van der Waals surface area contributed by atoms with Crippen LogP contribution in [0.2, 0.25) is 0 Å². The summed E-state index contributed by atoms with van der Waals surface area (Å²) < 4.78 is 12.2. The summed E-state index contributed by atoms with van der Waals surface area (Å²) in [7, 11) is 1.59. The maximum absolute atomic E-state index is 13.1. The number of non-ortho nitro benzene ring substituents is 1. The van der Waals surface area contributed by atoms with Gasteiger partial charge in [-0.15, -0.1) is 0 Å². The number of nitro benzene ring substituents is 1. The van der Waals surface area contributed by atoms with Gasteiger partial charge in [-0.3, -0.25) is 19.8 Å². The molecular weight excluding hydrogens is 426 g/mol. The van der Waals surface area contributed by atoms with Crippen molar-refractivity contribution >= 4 is 11.6 Å². The molecule has 2 heterocycles. The fourth-order valence-corrected chi connectivity index (χ4v) is 3.62. The Morgan fingerprint density at radius 3 is 2.64 bits per heavy atom. The van der Waals surface area contributed by atoms with Crippen molar-refractivity contribution in [1.29, 1.82) is 0 Å². The number of carbonyl (C=O) groups is 1. The minimum absolute atomic E-state index is 0.0320. The maximum Gasteiger partial charge on any atom is 0.270 e. The Hall–Kier alpha value is -3.76. The number of carbonyl (C=O) groups excluding carboxylic acids is 1. The summed E-state index contributed by atoms with van der Waals surface area (Å²) >= 11 is 0. The first-order chi connectivity index (χ1) is 16.0. The van der Waals surface area contributed by atoms with E-state index in [-0.39, 0.29) is 11.6 Å². The lowest BCUT2D eigenvalue weighted by Crippen LogP contribution is -2.41. The normalized spacial score (nSPS) is 14.1. The van der Waals surface area contributed by atoms with Gasteiger partial charge in [0.2, 0.25) is 0 Å². The lowest BCUT2D eigenvalue weighted by molar-refractivity contribution is -0.384. The van der Waals surface area contributed by atoms with Gasteiger partial charge in [-0.05, 0) is 30.3 Å². The molecule has 0 aliphatic carbocycles. The Labute approximate surface area is 190 Å². The molecule has 0 spiro atoms. The predicted molar refractivity (Wildman–Crippen MR) is 122 cm³/mol. The third kappa shape index (κ3) is 5.36. The van der Waals surface area contributed by atoms with Crippen LogP contribution in [0.1, 0.15) is 10.5 Å². The monoisotopic (exact) mass is 451 g/mol. The fourth-order valence-electron chi connectivity index (χ4n) is 3.62. The van der Waals surface area contributed by atoms with E-state index < -0.39 is 4.92 Å². The van der Waals surface area contributed by atoms with Crippen LogP contribution >= 0.6 is 0 Å². The predicted octanol–water partition coefficient (Wildman–Crippen LogP) is 2.52. The van der Waals surface area contributed by atoms with Crippen molar-refractivity contribution in [3.8, 4) is 22.7 Å². The zero-order valence-electron chi connectivity index (χ0n) is 18.3. The highest BCUT2D eigenvalue weighted by molar-refractivity contribution is 5.94. The highest BCUT2D eigenvalue weighted by atomic mass is 16.6. The Kier molecular flexibility index (Phi) is 6.96. The van der Waals surface area contributed by atoms with Gasteiger partial charge in [-0.2, -0.15) is 5.10 Å². The minimum Gasteiger partial charge on any atom is -0.497 e. The van der Waals surface area contributed by atoms with E-state index in [0.717, 1.165) is 25.2 Å². The van der Waals surface area contributed by atoms with Crippen LogP contribution in [-0.2, 0) is 4.74 Å². The summed E-state index contributed by atoms with van der Waals surface area (Å²) in [6, 6.07) is 15.0. The third-order valence-corrected chi connectivity index (χ3v) is 5.43. The smallest absolute Gasteiger partial charge is 0.270 e. The van der Waals surface area contributed by atoms with Crippen LogP contribution in [0.25, 0.3) is 16.9 Å². The second-order valence-electron chi connectivity index (χ2n) is 7.54. The Bertz CT molecular complexity index is 1120. The SMILES string of the molecule is COc1cccc(-c2cc(C(=O)NCCN3CCOCC3)n(-c3ccc([N+](=O)[O-])cc3)n2)c1. The highest BCUT2D eigenvalue weighted by Crippen LogP contribution is 2.26. The van der Waals surface area contributed by atoms with Gasteiger partial charge < -0.3 is 14.8 Å². The molecule has 172 valence electrons. The molecule has 1 aliphatic rings. The number of ether oxygens (including phenoxy) is 2. The summed E-state index contributed by atoms with van der Waals surface area (Å²) in [4.78, 5) is 25.9. The van der Waals surface area contributed by atoms with Crippen LogP contribution in [0.5, 0.6) is 5.75 Å². The van der Waals surface area contributed by atoms with Gasteiger partial charge in [0, 0.05) is 43.9 Å². The first kappa shape index (κ1) is 22.4. The molecule has 1 amide bonds. The van der Waals surface area contributed by atoms with Crippen LogP contribution in [0.15, 0.2) is 54.6 Å². The number of benzene rings is 2. The molecule has 1 aliphatic heterocycles. The molecule has 10 nitrogen and oxygen atoms in total. The van der Waals surface area contributed by atoms with Crippen LogP contribution < -0.4 is 10.1 Å². The van der Waals surface area contributed by atoms with E-state index in [4.69, 9.17) is 9.47 Å². The van der Waals surface area contributed by atoms with Crippen LogP contribution in [0, 0.1) is 10.1 Å². The molecule has 3 aromatic rings. The maximum atomic E-state index is 13.1. The van der Waals surface area contributed by atoms with Crippen molar-refractivity contribution in [1.82, 2.24) is 20.0 Å². The van der Waals surface area contributed by atoms with Crippen molar-refractivity contribution in [2.45, 2.75) is 0 Å². The Morgan fingerprint density at radius 2 is 1.94 bits per heavy atom. The third-order valence-electron chi connectivity index (χ3n) is 5.43. The molecule has 33 heavy (non-hydrogen) atoms. The largest absolute Gasteiger partial charge is 0.497 e. The molecule has 10 heteroatoms. The van der Waals surface area contributed by atoms with Crippen LogP contribution in [-0.4, -0.2) is 72.0 Å². The summed E-state index contributed by atoms with van der Waals surface area (Å²) in [5, 5.41) is 18.6. The Morgan fingerprint density at radius 1 is 1.18 bits per heavy atom. The standard InChI is InChI=1S/C23H25N5O5/c1-32-20-4-2-3-17(15-20)21-16-22(23(29)24-9-10-26-11-13-33-14-12-26)27(25-21)18-5-7-19(8-6-18)28(30)31/h2-8,15-16H,9-14H2,1H3,(H,24,29). The molecule has 1 aromatic heterocycles. The van der Waals surface area contributed by atoms with Gasteiger partial charge in [0.05, 0.1) is 36.6 Å². The number of aromatic nitrogens is 2. The van der Waals surface area contributed by atoms with Gasteiger partial charge in [0.15, 0.2) is 0 Å². The molecule has 1 saturated heterocycles. The summed E-state index contributed by atoms with van der Waals surface area (Å²) in [6.45, 7) is 4.30. The van der Waals surface area contributed by atoms with Gasteiger partial charge in [-0.25, -0.2) is 4.68 Å². The van der Waals surface area contributed by atoms with Gasteiger partial charge >= 0.3 is 0 Å². The van der Waals surface area contributed by atoms with Gasteiger partial charge in [0.1, 0.15) is 11.4 Å². The molecule has 0 bridgehead atoms. The number of rotatable bonds is 8. The van der Waals surface area contributed by atoms with Gasteiger partial charge in [0.25, 0.3) is 11.6 Å². The molecule has 0 saturated carbocycles. The number of methoxy groups -OCH3 is 1. The molecule has 0 atom stereocenters. The quantitative estimate of drug-likeness (QED) is 0.414. The van der Waals surface area contributed by atoms with E-state index in [2.05, 4.69) is 15.3 Å². The number of nitrogens with one attached hydrogen (secondary N) is 1. The van der Waals surface area contributed by atoms with Crippen LogP contribution in [0.4, 0.5) is 5.69 Å². The second kappa shape index (κ2) is 10.2. The zero-order valence-corrected chi connectivity index (χ0v) is 18.3. The molecular formula is C23H25N5O5. The van der Waals surface area contributed by atoms with Crippen LogP contribution in [0.3, 0.4) is 0 Å². The van der Waals surface area contributed by atoms with Crippen molar-refractivity contribution in [2.24, 2.45) is 0 Å². The summed E-state index contributed by atoms with van der Waals surface area (Å²) in [5.41, 5.74) is 2.23. The van der Waals surface area contributed by atoms with E-state index in [1.807, 2.05) is 24.3 Å². The number of morpholine rings is 1. The molecule has 0 radical (unpaired) electrons. The lowest BCUT2D eigenvalue weighted by atomic mass is 10.1. The molecule has 0 unspecified atom stereocenters. The first-order valence-corrected chi connectivity index (χ1v) is 10.6. The number of amides is 1. The van der Waals surface area contributed by atoms with E-state index in [9.17, 15) is 14.9 Å². The number of hydrogen-bond acceptors (Lipinski definition) is 7. The molecule has 1 N–H and O–H groups in total. The minimum atomic E-state index is -0.464. The highest BCUT2D eigenvalue weighted by Gasteiger charge is 2.19. The number of hydrogen-bond donors (Lipinski definition) is 1. The van der Waals surface area contributed by atoms with E-state index in [1.54, 1.807) is 25.3 Å².